The van der Waals surface area contributed by atoms with E-state index in [1.54, 1.807) is 0 Å². The van der Waals surface area contributed by atoms with E-state index in [0.29, 0.717) is 0 Å². The van der Waals surface area contributed by atoms with Gasteiger partial charge in [-0.25, -0.2) is 4.79 Å². The predicted molar refractivity (Wildman–Crippen MR) is 53.2 cm³/mol. The quantitative estimate of drug-likeness (QED) is 0.365. The summed E-state index contributed by atoms with van der Waals surface area (Å²) in [5, 5.41) is 35.7. The van der Waals surface area contributed by atoms with Crippen LogP contribution in [0.25, 0.3) is 0 Å². The summed E-state index contributed by atoms with van der Waals surface area (Å²) in [6.07, 6.45) is 0. The molecule has 0 aromatic rings. The summed E-state index contributed by atoms with van der Waals surface area (Å²) >= 11 is 0. The zero-order valence-electron chi connectivity index (χ0n) is 8.96. The number of quaternary nitrogens is 1. The molecule has 1 atom stereocenters. The highest BCUT2D eigenvalue weighted by Crippen LogP contribution is 2.13. The number of hydrogen-bond acceptors (Lipinski definition) is 4. The maximum absolute atomic E-state index is 10.9. The van der Waals surface area contributed by atoms with Gasteiger partial charge in [-0.05, 0) is 6.92 Å². The lowest BCUT2D eigenvalue weighted by Crippen LogP contribution is -2.61. The zero-order valence-corrected chi connectivity index (χ0v) is 8.96. The second kappa shape index (κ2) is 6.73. The van der Waals surface area contributed by atoms with Gasteiger partial charge in [0.1, 0.15) is 19.6 Å². The average molecular weight is 222 g/mol. The van der Waals surface area contributed by atoms with E-state index < -0.39 is 12.0 Å². The number of rotatable bonds is 8. The Kier molecular flexibility index (Phi) is 6.42. The van der Waals surface area contributed by atoms with E-state index in [1.807, 2.05) is 0 Å². The largest absolute Gasteiger partial charge is 0.477 e. The third-order valence-electron chi connectivity index (χ3n) is 2.81. The van der Waals surface area contributed by atoms with E-state index in [2.05, 4.69) is 0 Å². The van der Waals surface area contributed by atoms with Crippen LogP contribution in [0.1, 0.15) is 6.92 Å². The third kappa shape index (κ3) is 3.75. The molecule has 0 amide bonds. The molecule has 0 spiro atoms. The molecule has 90 valence electrons. The van der Waals surface area contributed by atoms with Crippen LogP contribution in [0.2, 0.25) is 0 Å². The van der Waals surface area contributed by atoms with Crippen molar-refractivity contribution in [1.29, 1.82) is 0 Å². The molecular weight excluding hydrogens is 202 g/mol. The number of carboxylic acids is 1. The van der Waals surface area contributed by atoms with Crippen molar-refractivity contribution in [2.75, 3.05) is 39.5 Å². The van der Waals surface area contributed by atoms with Crippen LogP contribution in [-0.2, 0) is 4.79 Å². The highest BCUT2D eigenvalue weighted by atomic mass is 16.4. The summed E-state index contributed by atoms with van der Waals surface area (Å²) in [6.45, 7) is 1.66. The summed E-state index contributed by atoms with van der Waals surface area (Å²) < 4.78 is -0.00116. The van der Waals surface area contributed by atoms with Gasteiger partial charge in [0.15, 0.2) is 6.04 Å². The number of nitrogens with zero attached hydrogens (tertiary/aromatic N) is 1. The molecule has 6 nitrogen and oxygen atoms in total. The lowest BCUT2D eigenvalue weighted by atomic mass is 10.2. The second-order valence-corrected chi connectivity index (χ2v) is 3.57. The van der Waals surface area contributed by atoms with E-state index in [1.165, 1.54) is 6.92 Å². The highest BCUT2D eigenvalue weighted by Gasteiger charge is 2.37. The first-order valence-corrected chi connectivity index (χ1v) is 4.95. The normalized spacial score (nSPS) is 13.9. The first-order valence-electron chi connectivity index (χ1n) is 4.95. The number of carbonyl (C=O) groups is 1. The maximum Gasteiger partial charge on any atom is 0.362 e. The van der Waals surface area contributed by atoms with Gasteiger partial charge < -0.3 is 24.9 Å². The Hall–Kier alpha value is -0.690. The molecule has 4 N–H and O–H groups in total. The van der Waals surface area contributed by atoms with E-state index in [-0.39, 0.29) is 43.9 Å². The Balaban J connectivity index is 4.81. The summed E-state index contributed by atoms with van der Waals surface area (Å²) in [5.74, 6) is -0.995. The summed E-state index contributed by atoms with van der Waals surface area (Å²) in [6, 6.07) is -0.753. The molecule has 0 radical (unpaired) electrons. The fraction of sp³-hybridized carbons (Fsp3) is 0.889. The molecule has 0 aliphatic rings. The molecule has 0 saturated carbocycles. The summed E-state index contributed by atoms with van der Waals surface area (Å²) in [4.78, 5) is 10.9. The van der Waals surface area contributed by atoms with Gasteiger partial charge >= 0.3 is 5.97 Å². The lowest BCUT2D eigenvalue weighted by Gasteiger charge is -2.40. The Morgan fingerprint density at radius 1 is 1.07 bits per heavy atom. The molecule has 0 rings (SSSR count). The first kappa shape index (κ1) is 14.3. The van der Waals surface area contributed by atoms with Crippen LogP contribution in [0.15, 0.2) is 0 Å². The van der Waals surface area contributed by atoms with Crippen molar-refractivity contribution in [3.05, 3.63) is 0 Å². The first-order chi connectivity index (χ1) is 7.04. The van der Waals surface area contributed by atoms with Gasteiger partial charge in [0.2, 0.25) is 0 Å². The van der Waals surface area contributed by atoms with E-state index >= 15 is 0 Å². The molecule has 15 heavy (non-hydrogen) atoms. The highest BCUT2D eigenvalue weighted by molar-refractivity contribution is 5.71. The molecule has 6 heteroatoms. The lowest BCUT2D eigenvalue weighted by molar-refractivity contribution is -0.942. The van der Waals surface area contributed by atoms with Crippen LogP contribution in [0.3, 0.4) is 0 Å². The Bertz CT molecular complexity index is 180. The van der Waals surface area contributed by atoms with Gasteiger partial charge in [0.05, 0.1) is 19.8 Å². The molecule has 0 fully saturated rings. The fourth-order valence-electron chi connectivity index (χ4n) is 1.75. The predicted octanol–water partition coefficient (Wildman–Crippen LogP) is -1.75. The van der Waals surface area contributed by atoms with Crippen molar-refractivity contribution in [1.82, 2.24) is 0 Å². The van der Waals surface area contributed by atoms with Gasteiger partial charge in [0, 0.05) is 0 Å². The molecule has 0 unspecified atom stereocenters. The standard InChI is InChI=1S/C9H19NO5/c1-8(9(14)15)10(2-5-11,3-6-12)4-7-13/h8,11-13H,2-7H2,1H3/p+1/t8-/m0/s1. The van der Waals surface area contributed by atoms with E-state index in [0.717, 1.165) is 0 Å². The van der Waals surface area contributed by atoms with Crippen molar-refractivity contribution in [3.63, 3.8) is 0 Å². The van der Waals surface area contributed by atoms with Crippen molar-refractivity contribution in [2.24, 2.45) is 0 Å². The minimum absolute atomic E-state index is 0.00116. The van der Waals surface area contributed by atoms with Crippen molar-refractivity contribution in [3.8, 4) is 0 Å². The summed E-state index contributed by atoms with van der Waals surface area (Å²) in [5.41, 5.74) is 0. The van der Waals surface area contributed by atoms with E-state index in [9.17, 15) is 4.79 Å². The van der Waals surface area contributed by atoms with Crippen LogP contribution in [0.4, 0.5) is 0 Å². The third-order valence-corrected chi connectivity index (χ3v) is 2.81. The number of aliphatic hydroxyl groups is 3. The minimum atomic E-state index is -0.995. The molecular formula is C9H20NO5+. The second-order valence-electron chi connectivity index (χ2n) is 3.57. The van der Waals surface area contributed by atoms with Crippen LogP contribution in [0.5, 0.6) is 0 Å². The van der Waals surface area contributed by atoms with Gasteiger partial charge in [0.25, 0.3) is 0 Å². The van der Waals surface area contributed by atoms with Crippen LogP contribution >= 0.6 is 0 Å². The average Bonchev–Trinajstić information content (AvgIpc) is 2.17. The van der Waals surface area contributed by atoms with Gasteiger partial charge in [-0.15, -0.1) is 0 Å². The van der Waals surface area contributed by atoms with Crippen molar-refractivity contribution >= 4 is 5.97 Å². The molecule has 0 aliphatic carbocycles. The molecule has 0 saturated heterocycles. The number of aliphatic carboxylic acids is 1. The Morgan fingerprint density at radius 2 is 1.40 bits per heavy atom. The maximum atomic E-state index is 10.9. The topological polar surface area (TPSA) is 98.0 Å². The van der Waals surface area contributed by atoms with E-state index in [4.69, 9.17) is 20.4 Å². The van der Waals surface area contributed by atoms with Crippen LogP contribution < -0.4 is 0 Å². The van der Waals surface area contributed by atoms with Gasteiger partial charge in [-0.1, -0.05) is 0 Å². The molecule has 0 aromatic carbocycles. The number of carboxylic acid groups (broad SMARTS) is 1. The molecule has 0 aromatic heterocycles. The Labute approximate surface area is 89.0 Å². The van der Waals surface area contributed by atoms with Crippen molar-refractivity contribution < 1.29 is 29.7 Å². The Morgan fingerprint density at radius 3 is 1.60 bits per heavy atom. The fourth-order valence-corrected chi connectivity index (χ4v) is 1.75. The minimum Gasteiger partial charge on any atom is -0.477 e. The summed E-state index contributed by atoms with van der Waals surface area (Å²) in [7, 11) is 0. The smallest absolute Gasteiger partial charge is 0.362 e. The van der Waals surface area contributed by atoms with Crippen LogP contribution in [0, 0.1) is 0 Å². The molecule has 0 heterocycles. The van der Waals surface area contributed by atoms with Gasteiger partial charge in [-0.3, -0.25) is 0 Å². The van der Waals surface area contributed by atoms with Crippen molar-refractivity contribution in [2.45, 2.75) is 13.0 Å². The monoisotopic (exact) mass is 222 g/mol. The molecule has 0 bridgehead atoms. The molecule has 0 aliphatic heterocycles. The van der Waals surface area contributed by atoms with Gasteiger partial charge in [-0.2, -0.15) is 0 Å². The van der Waals surface area contributed by atoms with Crippen LogP contribution in [-0.4, -0.2) is 76.4 Å². The SMILES string of the molecule is C[C@@H](C(=O)O)[N+](CCO)(CCO)CCO. The number of hydrogen-bond donors (Lipinski definition) is 4. The number of aliphatic hydroxyl groups excluding tert-OH is 3. The zero-order chi connectivity index (χ0) is 11.9.